The second kappa shape index (κ2) is 10.5. The van der Waals surface area contributed by atoms with Crippen LogP contribution in [0.4, 0.5) is 4.79 Å². The molecule has 0 saturated heterocycles. The van der Waals surface area contributed by atoms with Crippen LogP contribution in [0, 0.1) is 0 Å². The minimum absolute atomic E-state index is 0.102. The quantitative estimate of drug-likeness (QED) is 0.508. The molecule has 3 rings (SSSR count). The number of methoxy groups -OCH3 is 1. The van der Waals surface area contributed by atoms with Crippen molar-refractivity contribution in [1.29, 1.82) is 0 Å². The number of aliphatic carboxylic acids is 1. The Morgan fingerprint density at radius 2 is 1.64 bits per heavy atom. The maximum atomic E-state index is 12.8. The molecule has 33 heavy (non-hydrogen) atoms. The Balaban J connectivity index is 1.65. The van der Waals surface area contributed by atoms with Crippen LogP contribution in [0.3, 0.4) is 0 Å². The van der Waals surface area contributed by atoms with E-state index in [0.29, 0.717) is 0 Å². The predicted octanol–water partition coefficient (Wildman–Crippen LogP) is 3.30. The van der Waals surface area contributed by atoms with Gasteiger partial charge in [-0.15, -0.1) is 0 Å². The van der Waals surface area contributed by atoms with Crippen molar-refractivity contribution in [3.63, 3.8) is 0 Å². The summed E-state index contributed by atoms with van der Waals surface area (Å²) in [5.41, 5.74) is 3.09. The van der Waals surface area contributed by atoms with Crippen LogP contribution in [0.1, 0.15) is 43.7 Å². The largest absolute Gasteiger partial charge is 0.480 e. The highest BCUT2D eigenvalue weighted by atomic mass is 16.5. The van der Waals surface area contributed by atoms with Crippen LogP contribution in [0.5, 0.6) is 0 Å². The molecule has 176 valence electrons. The molecule has 2 amide bonds. The minimum atomic E-state index is -1.33. The first kappa shape index (κ1) is 24.3. The third kappa shape index (κ3) is 5.34. The van der Waals surface area contributed by atoms with Gasteiger partial charge in [0.15, 0.2) is 0 Å². The van der Waals surface area contributed by atoms with Crippen LogP contribution in [0.25, 0.3) is 11.1 Å². The molecule has 0 aliphatic heterocycles. The van der Waals surface area contributed by atoms with Crippen molar-refractivity contribution in [3.05, 3.63) is 59.7 Å². The number of ether oxygens (including phenoxy) is 2. The molecule has 8 nitrogen and oxygen atoms in total. The van der Waals surface area contributed by atoms with Crippen molar-refractivity contribution >= 4 is 18.0 Å². The van der Waals surface area contributed by atoms with Gasteiger partial charge in [0.25, 0.3) is 0 Å². The first-order valence-electron chi connectivity index (χ1n) is 11.0. The van der Waals surface area contributed by atoms with E-state index in [9.17, 15) is 19.5 Å². The van der Waals surface area contributed by atoms with Crippen LogP contribution in [-0.4, -0.2) is 55.0 Å². The van der Waals surface area contributed by atoms with Crippen molar-refractivity contribution in [3.8, 4) is 11.1 Å². The lowest BCUT2D eigenvalue weighted by atomic mass is 9.97. The summed E-state index contributed by atoms with van der Waals surface area (Å²) >= 11 is 0. The molecule has 0 bridgehead atoms. The second-order valence-electron chi connectivity index (χ2n) is 8.28. The zero-order valence-corrected chi connectivity index (χ0v) is 19.1. The fourth-order valence-electron chi connectivity index (χ4n) is 3.98. The molecule has 8 heteroatoms. The number of hydrogen-bond acceptors (Lipinski definition) is 5. The van der Waals surface area contributed by atoms with Gasteiger partial charge in [0.2, 0.25) is 5.91 Å². The van der Waals surface area contributed by atoms with Gasteiger partial charge in [0.05, 0.1) is 0 Å². The lowest BCUT2D eigenvalue weighted by Crippen LogP contribution is -2.59. The molecule has 0 saturated carbocycles. The van der Waals surface area contributed by atoms with Crippen molar-refractivity contribution in [2.24, 2.45) is 0 Å². The molecule has 3 N–H and O–H groups in total. The highest BCUT2D eigenvalue weighted by molar-refractivity contribution is 5.92. The summed E-state index contributed by atoms with van der Waals surface area (Å²) in [5.74, 6) is -1.86. The van der Waals surface area contributed by atoms with Crippen molar-refractivity contribution in [2.45, 2.75) is 44.2 Å². The molecule has 1 aliphatic carbocycles. The molecule has 0 aromatic heterocycles. The number of alkyl carbamates (subject to hydrolysis) is 1. The number of carbonyl (C=O) groups excluding carboxylic acids is 2. The molecule has 2 unspecified atom stereocenters. The molecule has 0 heterocycles. The molecular weight excluding hydrogens is 424 g/mol. The predicted molar refractivity (Wildman–Crippen MR) is 123 cm³/mol. The zero-order chi connectivity index (χ0) is 24.0. The van der Waals surface area contributed by atoms with Crippen molar-refractivity contribution in [1.82, 2.24) is 10.6 Å². The highest BCUT2D eigenvalue weighted by Gasteiger charge is 2.37. The van der Waals surface area contributed by atoms with Gasteiger partial charge in [-0.3, -0.25) is 4.79 Å². The number of benzene rings is 2. The lowest BCUT2D eigenvalue weighted by molar-refractivity contribution is -0.143. The molecule has 2 atom stereocenters. The van der Waals surface area contributed by atoms with Gasteiger partial charge in [-0.1, -0.05) is 55.5 Å². The molecule has 0 radical (unpaired) electrons. The van der Waals surface area contributed by atoms with Crippen LogP contribution in [0.15, 0.2) is 48.5 Å². The van der Waals surface area contributed by atoms with Gasteiger partial charge in [-0.25, -0.2) is 9.59 Å². The van der Waals surface area contributed by atoms with Gasteiger partial charge in [0.1, 0.15) is 18.2 Å². The van der Waals surface area contributed by atoms with E-state index in [-0.39, 0.29) is 32.0 Å². The smallest absolute Gasteiger partial charge is 0.408 e. The average molecular weight is 455 g/mol. The van der Waals surface area contributed by atoms with E-state index in [1.54, 1.807) is 13.8 Å². The molecule has 0 fully saturated rings. The van der Waals surface area contributed by atoms with Gasteiger partial charge < -0.3 is 25.2 Å². The Hall–Kier alpha value is -3.39. The van der Waals surface area contributed by atoms with E-state index >= 15 is 0 Å². The number of amides is 2. The van der Waals surface area contributed by atoms with E-state index < -0.39 is 29.6 Å². The molecule has 0 spiro atoms. The van der Waals surface area contributed by atoms with Crippen LogP contribution in [-0.2, 0) is 19.1 Å². The van der Waals surface area contributed by atoms with E-state index in [0.717, 1.165) is 22.3 Å². The van der Waals surface area contributed by atoms with Crippen LogP contribution >= 0.6 is 0 Å². The Kier molecular flexibility index (Phi) is 7.71. The van der Waals surface area contributed by atoms with E-state index in [4.69, 9.17) is 9.47 Å². The van der Waals surface area contributed by atoms with Gasteiger partial charge >= 0.3 is 12.1 Å². The summed E-state index contributed by atoms with van der Waals surface area (Å²) in [4.78, 5) is 36.9. The zero-order valence-electron chi connectivity index (χ0n) is 19.1. The number of carboxylic acids is 1. The minimum Gasteiger partial charge on any atom is -0.480 e. The Morgan fingerprint density at radius 1 is 1.06 bits per heavy atom. The summed E-state index contributed by atoms with van der Waals surface area (Å²) in [5, 5.41) is 14.5. The average Bonchev–Trinajstić information content (AvgIpc) is 3.13. The summed E-state index contributed by atoms with van der Waals surface area (Å²) in [6, 6.07) is 14.9. The number of fused-ring (bicyclic) bond motifs is 3. The topological polar surface area (TPSA) is 114 Å². The van der Waals surface area contributed by atoms with Gasteiger partial charge in [-0.05, 0) is 35.6 Å². The summed E-state index contributed by atoms with van der Waals surface area (Å²) in [6.45, 7) is 3.57. The van der Waals surface area contributed by atoms with E-state index in [1.165, 1.54) is 7.11 Å². The monoisotopic (exact) mass is 454 g/mol. The number of carboxylic acid groups (broad SMARTS) is 1. The molecule has 2 aromatic carbocycles. The van der Waals surface area contributed by atoms with E-state index in [1.807, 2.05) is 36.4 Å². The standard InChI is InChI=1S/C25H30N2O6/c1-4-25(2,23(30)26-21(22(28)29)13-14-32-3)27-24(31)33-15-20-18-11-7-5-9-16(18)17-10-6-8-12-19(17)20/h5-12,20-21H,4,13-15H2,1-3H3,(H,26,30)(H,27,31)(H,28,29). The number of nitrogens with one attached hydrogen (secondary N) is 2. The van der Waals surface area contributed by atoms with Crippen LogP contribution in [0.2, 0.25) is 0 Å². The summed E-state index contributed by atoms with van der Waals surface area (Å²) in [7, 11) is 1.45. The van der Waals surface area contributed by atoms with Crippen molar-refractivity contribution in [2.75, 3.05) is 20.3 Å². The maximum Gasteiger partial charge on any atom is 0.408 e. The van der Waals surface area contributed by atoms with Gasteiger partial charge in [0, 0.05) is 26.1 Å². The third-order valence-electron chi connectivity index (χ3n) is 6.14. The Bertz CT molecular complexity index is 978. The normalized spacial score (nSPS) is 15.0. The Morgan fingerprint density at radius 3 is 2.15 bits per heavy atom. The number of rotatable bonds is 10. The molecular formula is C25H30N2O6. The fourth-order valence-corrected chi connectivity index (χ4v) is 3.98. The second-order valence-corrected chi connectivity index (χ2v) is 8.28. The van der Waals surface area contributed by atoms with E-state index in [2.05, 4.69) is 22.8 Å². The summed E-state index contributed by atoms with van der Waals surface area (Å²) < 4.78 is 10.4. The van der Waals surface area contributed by atoms with Gasteiger partial charge in [-0.2, -0.15) is 0 Å². The third-order valence-corrected chi connectivity index (χ3v) is 6.14. The first-order valence-corrected chi connectivity index (χ1v) is 11.0. The van der Waals surface area contributed by atoms with Crippen LogP contribution < -0.4 is 10.6 Å². The first-order chi connectivity index (χ1) is 15.8. The summed E-state index contributed by atoms with van der Waals surface area (Å²) in [6.07, 6.45) is -0.373. The highest BCUT2D eigenvalue weighted by Crippen LogP contribution is 2.44. The lowest BCUT2D eigenvalue weighted by Gasteiger charge is -2.29. The molecule has 2 aromatic rings. The molecule has 1 aliphatic rings. The SMILES string of the molecule is CCC(C)(NC(=O)OCC1c2ccccc2-c2ccccc21)C(=O)NC(CCOC)C(=O)O. The number of carbonyl (C=O) groups is 3. The maximum absolute atomic E-state index is 12.8. The number of hydrogen-bond donors (Lipinski definition) is 3. The van der Waals surface area contributed by atoms with Crippen molar-refractivity contribution < 1.29 is 29.0 Å². The Labute approximate surface area is 193 Å². The fraction of sp³-hybridized carbons (Fsp3) is 0.400.